The first-order chi connectivity index (χ1) is 15.2. The van der Waals surface area contributed by atoms with Crippen molar-refractivity contribution in [3.8, 4) is 0 Å². The highest BCUT2D eigenvalue weighted by atomic mass is 79.9. The maximum Gasteiger partial charge on any atom is 0.255 e. The fourth-order valence-corrected chi connectivity index (χ4v) is 3.86. The van der Waals surface area contributed by atoms with E-state index < -0.39 is 0 Å². The predicted molar refractivity (Wildman–Crippen MR) is 131 cm³/mol. The summed E-state index contributed by atoms with van der Waals surface area (Å²) >= 11 is 3.47. The Morgan fingerprint density at radius 3 is 2.39 bits per heavy atom. The number of nitrogens with zero attached hydrogens (tertiary/aromatic N) is 1. The van der Waals surface area contributed by atoms with E-state index in [1.807, 2.05) is 72.8 Å². The molecule has 2 N–H and O–H groups in total. The molecule has 5 rings (SSSR count). The van der Waals surface area contributed by atoms with Crippen LogP contribution in [0.3, 0.4) is 0 Å². The number of benzene rings is 4. The molecule has 1 heterocycles. The summed E-state index contributed by atoms with van der Waals surface area (Å²) in [5.41, 5.74) is 3.98. The number of amides is 1. The van der Waals surface area contributed by atoms with Crippen molar-refractivity contribution in [2.75, 3.05) is 5.32 Å². The molecule has 0 saturated carbocycles. The minimum Gasteiger partial charge on any atom is -0.338 e. The molecule has 4 aromatic carbocycles. The van der Waals surface area contributed by atoms with Gasteiger partial charge in [-0.3, -0.25) is 4.79 Å². The van der Waals surface area contributed by atoms with Gasteiger partial charge < -0.3 is 10.6 Å². The normalized spacial score (nSPS) is 12.8. The van der Waals surface area contributed by atoms with Crippen LogP contribution in [0.1, 0.15) is 15.9 Å². The SMILES string of the molecule is O=C(N/C(=C\c1ccc(Br)cc1)C1=Nc2cccc3cccc(c23)N1)c1ccccc1. The van der Waals surface area contributed by atoms with Gasteiger partial charge in [-0.1, -0.05) is 70.5 Å². The van der Waals surface area contributed by atoms with Crippen molar-refractivity contribution in [3.05, 3.63) is 112 Å². The summed E-state index contributed by atoms with van der Waals surface area (Å²) < 4.78 is 0.994. The second-order valence-electron chi connectivity index (χ2n) is 7.20. The highest BCUT2D eigenvalue weighted by Crippen LogP contribution is 2.36. The minimum atomic E-state index is -0.189. The molecule has 0 aromatic heterocycles. The standard InChI is InChI=1S/C26H18BrN3O/c27-20-14-12-17(13-15-20)16-23(30-26(31)19-6-2-1-3-7-19)25-28-21-10-4-8-18-9-5-11-22(29-25)24(18)21/h1-16H,(H,28,29)(H,30,31)/b23-16-. The van der Waals surface area contributed by atoms with E-state index in [1.165, 1.54) is 0 Å². The van der Waals surface area contributed by atoms with Crippen molar-refractivity contribution in [3.63, 3.8) is 0 Å². The number of carbonyl (C=O) groups excluding carboxylic acids is 1. The monoisotopic (exact) mass is 467 g/mol. The van der Waals surface area contributed by atoms with Crippen LogP contribution in [0.4, 0.5) is 11.4 Å². The van der Waals surface area contributed by atoms with Gasteiger partial charge in [-0.05, 0) is 53.4 Å². The molecule has 0 bridgehead atoms. The summed E-state index contributed by atoms with van der Waals surface area (Å²) in [6.07, 6.45) is 1.92. The summed E-state index contributed by atoms with van der Waals surface area (Å²) in [7, 11) is 0. The molecule has 0 fully saturated rings. The molecule has 0 aliphatic carbocycles. The molecular formula is C26H18BrN3O. The van der Waals surface area contributed by atoms with E-state index in [-0.39, 0.29) is 5.91 Å². The van der Waals surface area contributed by atoms with Crippen LogP contribution in [0.2, 0.25) is 0 Å². The lowest BCUT2D eigenvalue weighted by molar-refractivity contribution is 0.0968. The molecule has 0 atom stereocenters. The van der Waals surface area contributed by atoms with E-state index in [0.717, 1.165) is 32.2 Å². The maximum atomic E-state index is 12.9. The van der Waals surface area contributed by atoms with Crippen molar-refractivity contribution in [1.29, 1.82) is 0 Å². The molecule has 0 radical (unpaired) electrons. The number of amidine groups is 1. The minimum absolute atomic E-state index is 0.189. The third-order valence-corrected chi connectivity index (χ3v) is 5.62. The Morgan fingerprint density at radius 2 is 1.61 bits per heavy atom. The summed E-state index contributed by atoms with van der Waals surface area (Å²) in [4.78, 5) is 17.8. The van der Waals surface area contributed by atoms with Gasteiger partial charge in [0, 0.05) is 21.1 Å². The lowest BCUT2D eigenvalue weighted by atomic mass is 10.0. The topological polar surface area (TPSA) is 53.5 Å². The van der Waals surface area contributed by atoms with Gasteiger partial charge in [-0.15, -0.1) is 0 Å². The second-order valence-corrected chi connectivity index (χ2v) is 8.11. The molecule has 1 aliphatic heterocycles. The van der Waals surface area contributed by atoms with Crippen molar-refractivity contribution in [1.82, 2.24) is 5.32 Å². The van der Waals surface area contributed by atoms with Gasteiger partial charge in [0.25, 0.3) is 5.91 Å². The van der Waals surface area contributed by atoms with E-state index >= 15 is 0 Å². The first-order valence-electron chi connectivity index (χ1n) is 9.89. The number of carbonyl (C=O) groups is 1. The second kappa shape index (κ2) is 8.20. The molecule has 4 aromatic rings. The zero-order valence-corrected chi connectivity index (χ0v) is 18.1. The lowest BCUT2D eigenvalue weighted by Gasteiger charge is -2.21. The Bertz CT molecular complexity index is 1340. The van der Waals surface area contributed by atoms with Crippen LogP contribution in [0.25, 0.3) is 16.8 Å². The van der Waals surface area contributed by atoms with Crippen molar-refractivity contribution >= 4 is 55.9 Å². The first kappa shape index (κ1) is 19.3. The lowest BCUT2D eigenvalue weighted by Crippen LogP contribution is -2.31. The van der Waals surface area contributed by atoms with Crippen LogP contribution in [0.5, 0.6) is 0 Å². The summed E-state index contributed by atoms with van der Waals surface area (Å²) in [6.45, 7) is 0. The van der Waals surface area contributed by atoms with Gasteiger partial charge in [0.2, 0.25) is 0 Å². The molecule has 0 saturated heterocycles. The number of anilines is 1. The molecular weight excluding hydrogens is 450 g/mol. The van der Waals surface area contributed by atoms with Crippen LogP contribution < -0.4 is 10.6 Å². The van der Waals surface area contributed by atoms with E-state index in [1.54, 1.807) is 12.1 Å². The van der Waals surface area contributed by atoms with E-state index in [2.05, 4.69) is 38.7 Å². The molecule has 1 aliphatic rings. The number of hydrogen-bond acceptors (Lipinski definition) is 3. The largest absolute Gasteiger partial charge is 0.338 e. The van der Waals surface area contributed by atoms with Gasteiger partial charge in [0.05, 0.1) is 11.4 Å². The van der Waals surface area contributed by atoms with E-state index in [4.69, 9.17) is 4.99 Å². The molecule has 1 amide bonds. The molecule has 31 heavy (non-hydrogen) atoms. The molecule has 5 heteroatoms. The zero-order valence-electron chi connectivity index (χ0n) is 16.5. The summed E-state index contributed by atoms with van der Waals surface area (Å²) in [5, 5.41) is 8.65. The van der Waals surface area contributed by atoms with E-state index in [9.17, 15) is 4.79 Å². The zero-order chi connectivity index (χ0) is 21.2. The van der Waals surface area contributed by atoms with Gasteiger partial charge in [-0.25, -0.2) is 4.99 Å². The van der Waals surface area contributed by atoms with Crippen molar-refractivity contribution < 1.29 is 4.79 Å². The Hall–Kier alpha value is -3.70. The average Bonchev–Trinajstić information content (AvgIpc) is 2.81. The van der Waals surface area contributed by atoms with Crippen molar-refractivity contribution in [2.24, 2.45) is 4.99 Å². The third-order valence-electron chi connectivity index (χ3n) is 5.09. The number of aliphatic imine (C=N–C) groups is 1. The third kappa shape index (κ3) is 4.00. The summed E-state index contributed by atoms with van der Waals surface area (Å²) in [6, 6.07) is 29.2. The Kier molecular flexibility index (Phi) is 5.10. The molecule has 4 nitrogen and oxygen atoms in total. The molecule has 0 spiro atoms. The smallest absolute Gasteiger partial charge is 0.255 e. The number of hydrogen-bond donors (Lipinski definition) is 2. The number of rotatable bonds is 4. The number of halogens is 1. The van der Waals surface area contributed by atoms with Gasteiger partial charge in [0.1, 0.15) is 0 Å². The number of nitrogens with one attached hydrogen (secondary N) is 2. The molecule has 0 unspecified atom stereocenters. The van der Waals surface area contributed by atoms with Crippen molar-refractivity contribution in [2.45, 2.75) is 0 Å². The highest BCUT2D eigenvalue weighted by Gasteiger charge is 2.19. The van der Waals surface area contributed by atoms with Crippen LogP contribution >= 0.6 is 15.9 Å². The summed E-state index contributed by atoms with van der Waals surface area (Å²) in [5.74, 6) is 0.406. The maximum absolute atomic E-state index is 12.9. The van der Waals surface area contributed by atoms with Crippen LogP contribution in [-0.4, -0.2) is 11.7 Å². The highest BCUT2D eigenvalue weighted by molar-refractivity contribution is 9.10. The predicted octanol–water partition coefficient (Wildman–Crippen LogP) is 6.53. The van der Waals surface area contributed by atoms with Crippen LogP contribution in [-0.2, 0) is 0 Å². The fraction of sp³-hybridized carbons (Fsp3) is 0. The Morgan fingerprint density at radius 1 is 0.871 bits per heavy atom. The van der Waals surface area contributed by atoms with Gasteiger partial charge >= 0.3 is 0 Å². The Labute approximate surface area is 188 Å². The average molecular weight is 468 g/mol. The first-order valence-corrected chi connectivity index (χ1v) is 10.7. The van der Waals surface area contributed by atoms with Gasteiger partial charge in [-0.2, -0.15) is 0 Å². The Balaban J connectivity index is 1.58. The van der Waals surface area contributed by atoms with Gasteiger partial charge in [0.15, 0.2) is 5.84 Å². The van der Waals surface area contributed by atoms with E-state index in [0.29, 0.717) is 17.1 Å². The van der Waals surface area contributed by atoms with Crippen LogP contribution in [0, 0.1) is 0 Å². The molecule has 150 valence electrons. The quantitative estimate of drug-likeness (QED) is 0.358. The van der Waals surface area contributed by atoms with Crippen LogP contribution in [0.15, 0.2) is 106 Å². The fourth-order valence-electron chi connectivity index (χ4n) is 3.60.